The number of nitrogens with two attached hydrogens (primary N) is 1. The molecule has 0 aliphatic carbocycles. The van der Waals surface area contributed by atoms with Crippen LogP contribution < -0.4 is 5.73 Å². The van der Waals surface area contributed by atoms with Crippen LogP contribution in [-0.4, -0.2) is 19.5 Å². The third-order valence-corrected chi connectivity index (χ3v) is 2.92. The summed E-state index contributed by atoms with van der Waals surface area (Å²) in [5, 5.41) is 0. The Kier molecular flexibility index (Phi) is 2.44. The number of rotatable bonds is 2. The van der Waals surface area contributed by atoms with Crippen molar-refractivity contribution in [3.05, 3.63) is 48.2 Å². The zero-order valence-electron chi connectivity index (χ0n) is 10.0. The van der Waals surface area contributed by atoms with E-state index in [1.54, 1.807) is 12.3 Å². The Morgan fingerprint density at radius 1 is 1.17 bits per heavy atom. The molecule has 2 heterocycles. The van der Waals surface area contributed by atoms with Crippen molar-refractivity contribution in [2.45, 2.75) is 6.42 Å². The SMILES string of the molecule is Cn1c(Cc2nccc(N)n2)nc2ccccc21. The van der Waals surface area contributed by atoms with Crippen LogP contribution in [0.2, 0.25) is 0 Å². The molecule has 0 saturated heterocycles. The van der Waals surface area contributed by atoms with E-state index in [9.17, 15) is 0 Å². The van der Waals surface area contributed by atoms with Gasteiger partial charge in [-0.05, 0) is 18.2 Å². The first-order valence-corrected chi connectivity index (χ1v) is 5.72. The van der Waals surface area contributed by atoms with E-state index < -0.39 is 0 Å². The van der Waals surface area contributed by atoms with Crippen molar-refractivity contribution in [3.8, 4) is 0 Å². The number of aromatic nitrogens is 4. The molecular formula is C13H13N5. The Bertz CT molecular complexity index is 701. The summed E-state index contributed by atoms with van der Waals surface area (Å²) in [5.41, 5.74) is 7.74. The molecule has 0 aliphatic rings. The maximum absolute atomic E-state index is 5.65. The lowest BCUT2D eigenvalue weighted by Crippen LogP contribution is -2.04. The summed E-state index contributed by atoms with van der Waals surface area (Å²) in [6.45, 7) is 0. The minimum Gasteiger partial charge on any atom is -0.384 e. The monoisotopic (exact) mass is 239 g/mol. The van der Waals surface area contributed by atoms with Gasteiger partial charge < -0.3 is 10.3 Å². The summed E-state index contributed by atoms with van der Waals surface area (Å²) in [5.74, 6) is 2.11. The lowest BCUT2D eigenvalue weighted by molar-refractivity contribution is 0.813. The molecule has 3 aromatic rings. The summed E-state index contributed by atoms with van der Waals surface area (Å²) in [4.78, 5) is 13.0. The summed E-state index contributed by atoms with van der Waals surface area (Å²) >= 11 is 0. The fourth-order valence-electron chi connectivity index (χ4n) is 1.99. The highest BCUT2D eigenvalue weighted by Gasteiger charge is 2.09. The number of anilines is 1. The van der Waals surface area contributed by atoms with Gasteiger partial charge in [-0.25, -0.2) is 15.0 Å². The van der Waals surface area contributed by atoms with E-state index in [1.165, 1.54) is 0 Å². The number of aryl methyl sites for hydroxylation is 1. The molecule has 0 amide bonds. The molecule has 5 heteroatoms. The van der Waals surface area contributed by atoms with Crippen LogP contribution in [0.25, 0.3) is 11.0 Å². The van der Waals surface area contributed by atoms with Gasteiger partial charge >= 0.3 is 0 Å². The summed E-state index contributed by atoms with van der Waals surface area (Å²) in [6.07, 6.45) is 2.25. The highest BCUT2D eigenvalue weighted by Crippen LogP contribution is 2.15. The van der Waals surface area contributed by atoms with Crippen LogP contribution in [0, 0.1) is 0 Å². The first-order chi connectivity index (χ1) is 8.74. The topological polar surface area (TPSA) is 69.6 Å². The Balaban J connectivity index is 2.02. The van der Waals surface area contributed by atoms with Gasteiger partial charge in [-0.2, -0.15) is 0 Å². The molecule has 90 valence electrons. The summed E-state index contributed by atoms with van der Waals surface area (Å²) in [6, 6.07) is 9.71. The quantitative estimate of drug-likeness (QED) is 0.736. The van der Waals surface area contributed by atoms with Crippen LogP contribution in [0.5, 0.6) is 0 Å². The molecule has 0 atom stereocenters. The smallest absolute Gasteiger partial charge is 0.138 e. The van der Waals surface area contributed by atoms with Crippen molar-refractivity contribution in [3.63, 3.8) is 0 Å². The van der Waals surface area contributed by atoms with Crippen molar-refractivity contribution in [2.75, 3.05) is 5.73 Å². The lowest BCUT2D eigenvalue weighted by Gasteiger charge is -2.02. The van der Waals surface area contributed by atoms with E-state index in [1.807, 2.05) is 31.3 Å². The van der Waals surface area contributed by atoms with E-state index in [-0.39, 0.29) is 0 Å². The van der Waals surface area contributed by atoms with Gasteiger partial charge in [-0.3, -0.25) is 0 Å². The number of benzene rings is 1. The molecular weight excluding hydrogens is 226 g/mol. The highest BCUT2D eigenvalue weighted by atomic mass is 15.1. The van der Waals surface area contributed by atoms with Crippen molar-refractivity contribution < 1.29 is 0 Å². The Morgan fingerprint density at radius 3 is 2.78 bits per heavy atom. The molecule has 2 N–H and O–H groups in total. The van der Waals surface area contributed by atoms with Crippen molar-refractivity contribution in [1.29, 1.82) is 0 Å². The molecule has 0 fully saturated rings. The van der Waals surface area contributed by atoms with Gasteiger partial charge in [0.25, 0.3) is 0 Å². The van der Waals surface area contributed by atoms with Crippen LogP contribution in [0.15, 0.2) is 36.5 Å². The largest absolute Gasteiger partial charge is 0.384 e. The standard InChI is InChI=1S/C13H13N5/c1-18-10-5-3-2-4-9(10)16-13(18)8-12-15-7-6-11(14)17-12/h2-7H,8H2,1H3,(H2,14,15,17). The van der Waals surface area contributed by atoms with Crippen molar-refractivity contribution >= 4 is 16.9 Å². The molecule has 1 aromatic carbocycles. The fraction of sp³-hybridized carbons (Fsp3) is 0.154. The zero-order valence-corrected chi connectivity index (χ0v) is 10.0. The van der Waals surface area contributed by atoms with Crippen molar-refractivity contribution in [2.24, 2.45) is 7.05 Å². The van der Waals surface area contributed by atoms with E-state index in [2.05, 4.69) is 19.5 Å². The van der Waals surface area contributed by atoms with Crippen LogP contribution in [0.4, 0.5) is 5.82 Å². The van der Waals surface area contributed by atoms with E-state index in [0.29, 0.717) is 18.1 Å². The maximum Gasteiger partial charge on any atom is 0.138 e. The van der Waals surface area contributed by atoms with Gasteiger partial charge in [0.05, 0.1) is 17.5 Å². The molecule has 3 rings (SSSR count). The predicted molar refractivity (Wildman–Crippen MR) is 70.0 cm³/mol. The van der Waals surface area contributed by atoms with Crippen LogP contribution in [-0.2, 0) is 13.5 Å². The molecule has 0 bridgehead atoms. The summed E-state index contributed by atoms with van der Waals surface area (Å²) < 4.78 is 2.06. The second-order valence-electron chi connectivity index (χ2n) is 4.15. The first kappa shape index (κ1) is 10.7. The Hall–Kier alpha value is -2.43. The molecule has 5 nitrogen and oxygen atoms in total. The molecule has 18 heavy (non-hydrogen) atoms. The van der Waals surface area contributed by atoms with Crippen molar-refractivity contribution in [1.82, 2.24) is 19.5 Å². The highest BCUT2D eigenvalue weighted by molar-refractivity contribution is 5.75. The molecule has 0 aliphatic heterocycles. The predicted octanol–water partition coefficient (Wildman–Crippen LogP) is 1.54. The minimum absolute atomic E-state index is 0.485. The minimum atomic E-state index is 0.485. The van der Waals surface area contributed by atoms with Gasteiger partial charge in [0, 0.05) is 13.2 Å². The maximum atomic E-state index is 5.65. The number of nitrogen functional groups attached to an aromatic ring is 1. The van der Waals surface area contributed by atoms with Gasteiger partial charge in [0.1, 0.15) is 17.5 Å². The van der Waals surface area contributed by atoms with Crippen LogP contribution in [0.3, 0.4) is 0 Å². The average Bonchev–Trinajstić information content (AvgIpc) is 2.67. The average molecular weight is 239 g/mol. The summed E-state index contributed by atoms with van der Waals surface area (Å²) in [7, 11) is 2.00. The molecule has 0 radical (unpaired) electrons. The Morgan fingerprint density at radius 2 is 2.00 bits per heavy atom. The molecule has 0 unspecified atom stereocenters. The Labute approximate surface area is 104 Å². The number of imidazole rings is 1. The number of para-hydroxylation sites is 2. The van der Waals surface area contributed by atoms with Gasteiger partial charge in [0.15, 0.2) is 0 Å². The number of hydrogen-bond donors (Lipinski definition) is 1. The van der Waals surface area contributed by atoms with Crippen LogP contribution in [0.1, 0.15) is 11.6 Å². The zero-order chi connectivity index (χ0) is 12.5. The fourth-order valence-corrected chi connectivity index (χ4v) is 1.99. The first-order valence-electron chi connectivity index (χ1n) is 5.72. The normalized spacial score (nSPS) is 10.9. The third kappa shape index (κ3) is 1.79. The van der Waals surface area contributed by atoms with Gasteiger partial charge in [-0.1, -0.05) is 12.1 Å². The van der Waals surface area contributed by atoms with Gasteiger partial charge in [0.2, 0.25) is 0 Å². The molecule has 0 spiro atoms. The molecule has 2 aromatic heterocycles. The van der Waals surface area contributed by atoms with Gasteiger partial charge in [-0.15, -0.1) is 0 Å². The van der Waals surface area contributed by atoms with E-state index in [4.69, 9.17) is 5.73 Å². The van der Waals surface area contributed by atoms with E-state index in [0.717, 1.165) is 16.9 Å². The second kappa shape index (κ2) is 4.10. The van der Waals surface area contributed by atoms with E-state index >= 15 is 0 Å². The number of nitrogens with zero attached hydrogens (tertiary/aromatic N) is 4. The van der Waals surface area contributed by atoms with Crippen LogP contribution >= 0.6 is 0 Å². The molecule has 0 saturated carbocycles. The lowest BCUT2D eigenvalue weighted by atomic mass is 10.3. The number of hydrogen-bond acceptors (Lipinski definition) is 4. The second-order valence-corrected chi connectivity index (χ2v) is 4.15. The number of fused-ring (bicyclic) bond motifs is 1. The third-order valence-electron chi connectivity index (χ3n) is 2.92.